The van der Waals surface area contributed by atoms with Crippen LogP contribution in [0, 0.1) is 0 Å². The number of hydrogen-bond donors (Lipinski definition) is 0. The van der Waals surface area contributed by atoms with Gasteiger partial charge in [0, 0.05) is 5.56 Å². The summed E-state index contributed by atoms with van der Waals surface area (Å²) in [5.41, 5.74) is -1.40. The molecular weight excluding hydrogens is 343 g/mol. The lowest BCUT2D eigenvalue weighted by Gasteiger charge is -2.33. The summed E-state index contributed by atoms with van der Waals surface area (Å²) in [5, 5.41) is 10.3. The van der Waals surface area contributed by atoms with E-state index in [4.69, 9.17) is 0 Å². The van der Waals surface area contributed by atoms with Crippen molar-refractivity contribution in [2.24, 2.45) is 0 Å². The lowest BCUT2D eigenvalue weighted by Crippen LogP contribution is -2.59. The highest BCUT2D eigenvalue weighted by atomic mass is 19.4. The van der Waals surface area contributed by atoms with E-state index in [9.17, 15) is 44.6 Å². The molecule has 1 aromatic carbocycles. The van der Waals surface area contributed by atoms with E-state index in [0.29, 0.717) is 12.1 Å². The largest absolute Gasteiger partial charge is 0.460 e. The molecule has 23 heavy (non-hydrogen) atoms. The fraction of sp³-hybridized carbons (Fsp3) is 0.538. The van der Waals surface area contributed by atoms with Crippen molar-refractivity contribution in [2.75, 3.05) is 6.61 Å². The third-order valence-electron chi connectivity index (χ3n) is 3.07. The molecule has 0 unspecified atom stereocenters. The van der Waals surface area contributed by atoms with Gasteiger partial charge in [-0.15, -0.1) is 0 Å². The molecule has 0 fully saturated rings. The first kappa shape index (κ1) is 19.6. The molecule has 1 nitrogen and oxygen atoms in total. The van der Waals surface area contributed by atoms with E-state index in [0.717, 1.165) is 12.1 Å². The van der Waals surface area contributed by atoms with Crippen LogP contribution in [0.1, 0.15) is 17.5 Å². The maximum absolute atomic E-state index is 13.6. The van der Waals surface area contributed by atoms with Gasteiger partial charge in [-0.3, -0.25) is 0 Å². The molecular formula is C13H10F9O. The van der Waals surface area contributed by atoms with Crippen LogP contribution in [0.5, 0.6) is 0 Å². The van der Waals surface area contributed by atoms with Crippen LogP contribution in [-0.4, -0.2) is 24.6 Å². The van der Waals surface area contributed by atoms with E-state index < -0.39 is 36.1 Å². The molecule has 1 radical (unpaired) electrons. The highest BCUT2D eigenvalue weighted by Crippen LogP contribution is 2.56. The Labute approximate surface area is 124 Å². The fourth-order valence-electron chi connectivity index (χ4n) is 1.71. The number of benzene rings is 1. The van der Waals surface area contributed by atoms with E-state index in [1.165, 1.54) is 0 Å². The van der Waals surface area contributed by atoms with Crippen LogP contribution >= 0.6 is 0 Å². The molecule has 0 aliphatic carbocycles. The van der Waals surface area contributed by atoms with Gasteiger partial charge in [-0.25, -0.2) is 5.11 Å². The van der Waals surface area contributed by atoms with Crippen molar-refractivity contribution >= 4 is 0 Å². The molecule has 0 N–H and O–H groups in total. The maximum Gasteiger partial charge on any atom is 0.460 e. The van der Waals surface area contributed by atoms with Crippen molar-refractivity contribution in [3.63, 3.8) is 0 Å². The van der Waals surface area contributed by atoms with Crippen LogP contribution in [-0.2, 0) is 17.4 Å². The van der Waals surface area contributed by atoms with Crippen LogP contribution in [0.25, 0.3) is 0 Å². The van der Waals surface area contributed by atoms with Gasteiger partial charge in [0.2, 0.25) is 0 Å². The monoisotopic (exact) mass is 353 g/mol. The van der Waals surface area contributed by atoms with Gasteiger partial charge in [0.1, 0.15) is 0 Å². The Hall–Kier alpha value is -1.45. The summed E-state index contributed by atoms with van der Waals surface area (Å²) in [6, 6.07) is 2.39. The standard InChI is InChI=1S/C13H10F9O/c14-10(15,11(16,17)12(18,19)13(20,21)22)9-5-3-8(4-6-9)2-1-7-23/h3-6H,1-2,7H2. The maximum atomic E-state index is 13.6. The Morgan fingerprint density at radius 2 is 1.22 bits per heavy atom. The lowest BCUT2D eigenvalue weighted by molar-refractivity contribution is -0.399. The second-order valence-electron chi connectivity index (χ2n) is 4.73. The highest BCUT2D eigenvalue weighted by Gasteiger charge is 2.81. The van der Waals surface area contributed by atoms with Crippen molar-refractivity contribution in [3.8, 4) is 0 Å². The summed E-state index contributed by atoms with van der Waals surface area (Å²) >= 11 is 0. The zero-order chi connectivity index (χ0) is 18.1. The number of rotatable bonds is 6. The van der Waals surface area contributed by atoms with Gasteiger partial charge in [0.15, 0.2) is 0 Å². The molecule has 1 rings (SSSR count). The molecule has 0 atom stereocenters. The Kier molecular flexibility index (Phi) is 5.30. The van der Waals surface area contributed by atoms with Gasteiger partial charge in [-0.05, 0) is 18.4 Å². The third-order valence-corrected chi connectivity index (χ3v) is 3.07. The van der Waals surface area contributed by atoms with Gasteiger partial charge in [0.25, 0.3) is 0 Å². The summed E-state index contributed by atoms with van der Waals surface area (Å²) in [7, 11) is 0. The summed E-state index contributed by atoms with van der Waals surface area (Å²) in [6.45, 7) is -0.478. The summed E-state index contributed by atoms with van der Waals surface area (Å²) in [6.07, 6.45) is -6.59. The first-order valence-electron chi connectivity index (χ1n) is 6.16. The molecule has 0 aromatic heterocycles. The van der Waals surface area contributed by atoms with E-state index in [2.05, 4.69) is 0 Å². The van der Waals surface area contributed by atoms with E-state index >= 15 is 0 Å². The molecule has 0 saturated heterocycles. The molecule has 0 aliphatic rings. The van der Waals surface area contributed by atoms with Gasteiger partial charge in [0.05, 0.1) is 6.61 Å². The fourth-order valence-corrected chi connectivity index (χ4v) is 1.71. The zero-order valence-electron chi connectivity index (χ0n) is 11.2. The summed E-state index contributed by atoms with van der Waals surface area (Å²) in [5.74, 6) is -19.3. The second-order valence-corrected chi connectivity index (χ2v) is 4.73. The second kappa shape index (κ2) is 6.21. The van der Waals surface area contributed by atoms with E-state index in [1.54, 1.807) is 0 Å². The van der Waals surface area contributed by atoms with Gasteiger partial charge in [-0.2, -0.15) is 39.5 Å². The SMILES string of the molecule is [O]CCCc1ccc(C(F)(F)C(F)(F)C(F)(F)C(F)(F)F)cc1. The van der Waals surface area contributed by atoms with Gasteiger partial charge in [-0.1, -0.05) is 24.3 Å². The number of hydrogen-bond acceptors (Lipinski definition) is 0. The van der Waals surface area contributed by atoms with Crippen LogP contribution in [0.2, 0.25) is 0 Å². The average molecular weight is 353 g/mol. The van der Waals surface area contributed by atoms with Gasteiger partial charge < -0.3 is 0 Å². The Morgan fingerprint density at radius 1 is 0.739 bits per heavy atom. The zero-order valence-corrected chi connectivity index (χ0v) is 11.2. The van der Waals surface area contributed by atoms with Crippen LogP contribution in [0.4, 0.5) is 39.5 Å². The first-order chi connectivity index (χ1) is 10.3. The van der Waals surface area contributed by atoms with E-state index in [-0.39, 0.29) is 18.4 Å². The molecule has 1 aromatic rings. The lowest BCUT2D eigenvalue weighted by atomic mass is 9.95. The number of alkyl halides is 9. The Bertz CT molecular complexity index is 519. The predicted molar refractivity (Wildman–Crippen MR) is 60.2 cm³/mol. The molecule has 0 aliphatic heterocycles. The van der Waals surface area contributed by atoms with Crippen molar-refractivity contribution in [1.29, 1.82) is 0 Å². The van der Waals surface area contributed by atoms with Gasteiger partial charge >= 0.3 is 23.9 Å². The van der Waals surface area contributed by atoms with Crippen molar-refractivity contribution < 1.29 is 44.6 Å². The van der Waals surface area contributed by atoms with Crippen molar-refractivity contribution in [2.45, 2.75) is 36.8 Å². The minimum absolute atomic E-state index is 0.123. The quantitative estimate of drug-likeness (QED) is 0.644. The number of aryl methyl sites for hydroxylation is 1. The van der Waals surface area contributed by atoms with Crippen molar-refractivity contribution in [3.05, 3.63) is 35.4 Å². The average Bonchev–Trinajstić information content (AvgIpc) is 2.44. The molecule has 10 heteroatoms. The van der Waals surface area contributed by atoms with E-state index in [1.807, 2.05) is 0 Å². The normalized spacial score (nSPS) is 14.2. The Morgan fingerprint density at radius 3 is 1.61 bits per heavy atom. The Balaban J connectivity index is 3.19. The van der Waals surface area contributed by atoms with Crippen LogP contribution in [0.3, 0.4) is 0 Å². The van der Waals surface area contributed by atoms with Crippen molar-refractivity contribution in [1.82, 2.24) is 0 Å². The molecule has 131 valence electrons. The molecule has 0 spiro atoms. The minimum Gasteiger partial charge on any atom is -0.237 e. The highest BCUT2D eigenvalue weighted by molar-refractivity contribution is 5.28. The predicted octanol–water partition coefficient (Wildman–Crippen LogP) is 4.97. The topological polar surface area (TPSA) is 19.9 Å². The minimum atomic E-state index is -6.91. The molecule has 0 heterocycles. The third kappa shape index (κ3) is 3.41. The summed E-state index contributed by atoms with van der Waals surface area (Å²) < 4.78 is 115. The first-order valence-corrected chi connectivity index (χ1v) is 6.16. The molecule has 0 saturated carbocycles. The summed E-state index contributed by atoms with van der Waals surface area (Å²) in [4.78, 5) is 0. The smallest absolute Gasteiger partial charge is 0.237 e. The molecule has 0 amide bonds. The number of halogens is 9. The van der Waals surface area contributed by atoms with Crippen LogP contribution < -0.4 is 0 Å². The van der Waals surface area contributed by atoms with Crippen LogP contribution in [0.15, 0.2) is 24.3 Å². The molecule has 0 bridgehead atoms.